The van der Waals surface area contributed by atoms with E-state index in [-0.39, 0.29) is 5.91 Å². The van der Waals surface area contributed by atoms with Crippen LogP contribution in [0.15, 0.2) is 48.8 Å². The van der Waals surface area contributed by atoms with Crippen molar-refractivity contribution < 1.29 is 4.79 Å². The van der Waals surface area contributed by atoms with Crippen molar-refractivity contribution in [2.75, 3.05) is 6.54 Å². The summed E-state index contributed by atoms with van der Waals surface area (Å²) in [5.41, 5.74) is 3.92. The minimum Gasteiger partial charge on any atom is -0.334 e. The van der Waals surface area contributed by atoms with Crippen LogP contribution >= 0.6 is 23.2 Å². The van der Waals surface area contributed by atoms with E-state index in [9.17, 15) is 4.79 Å². The zero-order valence-corrected chi connectivity index (χ0v) is 16.5. The highest BCUT2D eigenvalue weighted by atomic mass is 35.5. The first-order valence-electron chi connectivity index (χ1n) is 8.83. The van der Waals surface area contributed by atoms with E-state index >= 15 is 0 Å². The summed E-state index contributed by atoms with van der Waals surface area (Å²) in [5.74, 6) is 1.01. The minimum absolute atomic E-state index is 0.0524. The second-order valence-electron chi connectivity index (χ2n) is 6.85. The number of benzene rings is 2. The second kappa shape index (κ2) is 7.37. The van der Waals surface area contributed by atoms with Gasteiger partial charge in [-0.15, -0.1) is 0 Å². The summed E-state index contributed by atoms with van der Waals surface area (Å²) in [7, 11) is 0. The standard InChI is InChI=1S/C21H19Cl2N3O/c1-14-24-5-7-25(14)12-15-2-3-17-4-6-26(21(27)20(17)10-15)13-16-8-18(22)11-19(23)9-16/h2-3,5,7-11H,4,6,12-13H2,1H3. The third-order valence-electron chi connectivity index (χ3n) is 4.92. The monoisotopic (exact) mass is 399 g/mol. The van der Waals surface area contributed by atoms with Gasteiger partial charge in [0.05, 0.1) is 0 Å². The molecule has 4 nitrogen and oxygen atoms in total. The van der Waals surface area contributed by atoms with E-state index in [1.54, 1.807) is 12.3 Å². The van der Waals surface area contributed by atoms with Crippen molar-refractivity contribution in [1.82, 2.24) is 14.5 Å². The lowest BCUT2D eigenvalue weighted by Gasteiger charge is -2.29. The summed E-state index contributed by atoms with van der Waals surface area (Å²) in [6, 6.07) is 11.6. The Hall–Kier alpha value is -2.30. The molecule has 0 fully saturated rings. The van der Waals surface area contributed by atoms with Crippen LogP contribution in [0.25, 0.3) is 0 Å². The number of hydrogen-bond acceptors (Lipinski definition) is 2. The SMILES string of the molecule is Cc1nccn1Cc1ccc2c(c1)C(=O)N(Cc1cc(Cl)cc(Cl)c1)CC2. The molecule has 1 amide bonds. The molecule has 0 radical (unpaired) electrons. The third-order valence-corrected chi connectivity index (χ3v) is 5.35. The Morgan fingerprint density at radius 3 is 2.52 bits per heavy atom. The van der Waals surface area contributed by atoms with Crippen LogP contribution in [0.5, 0.6) is 0 Å². The second-order valence-corrected chi connectivity index (χ2v) is 7.72. The molecule has 2 aromatic carbocycles. The maximum atomic E-state index is 13.1. The van der Waals surface area contributed by atoms with Crippen molar-refractivity contribution in [2.24, 2.45) is 0 Å². The van der Waals surface area contributed by atoms with E-state index in [2.05, 4.69) is 21.7 Å². The van der Waals surface area contributed by atoms with Gasteiger partial charge in [-0.3, -0.25) is 4.79 Å². The van der Waals surface area contributed by atoms with Crippen LogP contribution in [-0.2, 0) is 19.5 Å². The topological polar surface area (TPSA) is 38.1 Å². The number of rotatable bonds is 4. The Labute approximate surface area is 168 Å². The Morgan fingerprint density at radius 2 is 1.81 bits per heavy atom. The van der Waals surface area contributed by atoms with Gasteiger partial charge in [-0.1, -0.05) is 35.3 Å². The van der Waals surface area contributed by atoms with E-state index in [0.29, 0.717) is 29.7 Å². The van der Waals surface area contributed by atoms with Crippen molar-refractivity contribution >= 4 is 29.1 Å². The van der Waals surface area contributed by atoms with E-state index in [1.165, 1.54) is 0 Å². The molecule has 1 aliphatic rings. The number of amides is 1. The lowest BCUT2D eigenvalue weighted by Crippen LogP contribution is -2.37. The zero-order valence-electron chi connectivity index (χ0n) is 15.0. The molecule has 138 valence electrons. The number of fused-ring (bicyclic) bond motifs is 1. The number of carbonyl (C=O) groups is 1. The van der Waals surface area contributed by atoms with E-state index in [0.717, 1.165) is 34.5 Å². The molecule has 3 aromatic rings. The molecule has 0 spiro atoms. The number of carbonyl (C=O) groups excluding carboxylic acids is 1. The number of imidazole rings is 1. The summed E-state index contributed by atoms with van der Waals surface area (Å²) in [5, 5.41) is 1.17. The molecule has 0 saturated heterocycles. The van der Waals surface area contributed by atoms with Crippen molar-refractivity contribution in [3.63, 3.8) is 0 Å². The van der Waals surface area contributed by atoms with Gasteiger partial charge in [0.1, 0.15) is 5.82 Å². The molecule has 0 saturated carbocycles. The summed E-state index contributed by atoms with van der Waals surface area (Å²) >= 11 is 12.2. The molecule has 0 bridgehead atoms. The first-order valence-corrected chi connectivity index (χ1v) is 9.59. The maximum absolute atomic E-state index is 13.1. The van der Waals surface area contributed by atoms with Crippen LogP contribution in [0.3, 0.4) is 0 Å². The number of halogens is 2. The molecule has 0 aliphatic carbocycles. The predicted octanol–water partition coefficient (Wildman–Crippen LogP) is 4.75. The fourth-order valence-corrected chi connectivity index (χ4v) is 4.08. The third kappa shape index (κ3) is 3.87. The van der Waals surface area contributed by atoms with Crippen molar-refractivity contribution in [3.05, 3.63) is 86.9 Å². The van der Waals surface area contributed by atoms with Gasteiger partial charge in [-0.25, -0.2) is 4.98 Å². The summed E-state index contributed by atoms with van der Waals surface area (Å²) < 4.78 is 2.07. The average molecular weight is 400 g/mol. The summed E-state index contributed by atoms with van der Waals surface area (Å²) in [4.78, 5) is 19.2. The van der Waals surface area contributed by atoms with Gasteiger partial charge in [0, 0.05) is 47.6 Å². The summed E-state index contributed by atoms with van der Waals surface area (Å²) in [6.07, 6.45) is 4.59. The maximum Gasteiger partial charge on any atom is 0.254 e. The Bertz CT molecular complexity index is 992. The van der Waals surface area contributed by atoms with Crippen molar-refractivity contribution in [2.45, 2.75) is 26.4 Å². The Kier molecular flexibility index (Phi) is 4.94. The first-order chi connectivity index (χ1) is 13.0. The van der Waals surface area contributed by atoms with Crippen LogP contribution in [-0.4, -0.2) is 26.9 Å². The fraction of sp³-hybridized carbons (Fsp3) is 0.238. The lowest BCUT2D eigenvalue weighted by molar-refractivity contribution is 0.0727. The highest BCUT2D eigenvalue weighted by Crippen LogP contribution is 2.25. The van der Waals surface area contributed by atoms with Gasteiger partial charge < -0.3 is 9.47 Å². The molecule has 2 heterocycles. The van der Waals surface area contributed by atoms with Gasteiger partial charge in [0.25, 0.3) is 5.91 Å². The number of nitrogens with zero attached hydrogens (tertiary/aromatic N) is 3. The molecule has 4 rings (SSSR count). The van der Waals surface area contributed by atoms with Crippen LogP contribution < -0.4 is 0 Å². The zero-order chi connectivity index (χ0) is 19.0. The molecule has 0 unspecified atom stereocenters. The van der Waals surface area contributed by atoms with Gasteiger partial charge >= 0.3 is 0 Å². The fourth-order valence-electron chi connectivity index (χ4n) is 3.51. The molecule has 0 atom stereocenters. The van der Waals surface area contributed by atoms with E-state index in [1.807, 2.05) is 36.2 Å². The average Bonchev–Trinajstić information content (AvgIpc) is 3.02. The van der Waals surface area contributed by atoms with Gasteiger partial charge in [0.15, 0.2) is 0 Å². The van der Waals surface area contributed by atoms with Crippen LogP contribution in [0.4, 0.5) is 0 Å². The highest BCUT2D eigenvalue weighted by Gasteiger charge is 2.24. The minimum atomic E-state index is 0.0524. The lowest BCUT2D eigenvalue weighted by atomic mass is 9.96. The molecule has 6 heteroatoms. The van der Waals surface area contributed by atoms with E-state index < -0.39 is 0 Å². The molecule has 1 aliphatic heterocycles. The number of aromatic nitrogens is 2. The Morgan fingerprint density at radius 1 is 1.04 bits per heavy atom. The smallest absolute Gasteiger partial charge is 0.254 e. The predicted molar refractivity (Wildman–Crippen MR) is 107 cm³/mol. The number of hydrogen-bond donors (Lipinski definition) is 0. The normalized spacial score (nSPS) is 13.7. The quantitative estimate of drug-likeness (QED) is 0.634. The largest absolute Gasteiger partial charge is 0.334 e. The van der Waals surface area contributed by atoms with Crippen LogP contribution in [0.2, 0.25) is 10.0 Å². The summed E-state index contributed by atoms with van der Waals surface area (Å²) in [6.45, 7) is 3.87. The molecule has 1 aromatic heterocycles. The molecule has 0 N–H and O–H groups in total. The molecular weight excluding hydrogens is 381 g/mol. The first kappa shape index (κ1) is 18.1. The number of aryl methyl sites for hydroxylation is 1. The van der Waals surface area contributed by atoms with Crippen molar-refractivity contribution in [1.29, 1.82) is 0 Å². The molecular formula is C21H19Cl2N3O. The Balaban J connectivity index is 1.57. The van der Waals surface area contributed by atoms with E-state index in [4.69, 9.17) is 23.2 Å². The van der Waals surface area contributed by atoms with Gasteiger partial charge in [-0.05, 0) is 54.3 Å². The van der Waals surface area contributed by atoms with Crippen LogP contribution in [0, 0.1) is 6.92 Å². The highest BCUT2D eigenvalue weighted by molar-refractivity contribution is 6.34. The van der Waals surface area contributed by atoms with Crippen LogP contribution in [0.1, 0.15) is 32.9 Å². The van der Waals surface area contributed by atoms with Gasteiger partial charge in [0.2, 0.25) is 0 Å². The van der Waals surface area contributed by atoms with Crippen molar-refractivity contribution in [3.8, 4) is 0 Å². The van der Waals surface area contributed by atoms with Gasteiger partial charge in [-0.2, -0.15) is 0 Å². The molecule has 27 heavy (non-hydrogen) atoms.